The minimum atomic E-state index is -5.08. The van der Waals surface area contributed by atoms with E-state index in [-0.39, 0.29) is 0 Å². The maximum Gasteiger partial charge on any atom is 0.490 e. The molecular weight excluding hydrogens is 547 g/mol. The number of hydrogen-bond donors (Lipinski definition) is 3. The quantitative estimate of drug-likeness (QED) is 0.317. The van der Waals surface area contributed by atoms with E-state index in [1.54, 1.807) is 0 Å². The highest BCUT2D eigenvalue weighted by Crippen LogP contribution is 2.39. The molecule has 2 amide bonds. The van der Waals surface area contributed by atoms with Crippen LogP contribution in [0.1, 0.15) is 11.1 Å². The summed E-state index contributed by atoms with van der Waals surface area (Å²) in [5.41, 5.74) is 9.35. The highest BCUT2D eigenvalue weighted by molar-refractivity contribution is 9.10. The monoisotopic (exact) mass is 563 g/mol. The molecule has 0 unspecified atom stereocenters. The van der Waals surface area contributed by atoms with E-state index in [1.165, 1.54) is 6.26 Å². The van der Waals surface area contributed by atoms with Gasteiger partial charge in [-0.2, -0.15) is 13.2 Å². The largest absolute Gasteiger partial charge is 0.490 e. The van der Waals surface area contributed by atoms with Gasteiger partial charge in [-0.05, 0) is 24.3 Å². The number of nitrogens with zero attached hydrogens (tertiary/aromatic N) is 1. The van der Waals surface area contributed by atoms with Gasteiger partial charge in [0, 0.05) is 51.2 Å². The van der Waals surface area contributed by atoms with Crippen molar-refractivity contribution in [2.45, 2.75) is 12.7 Å². The highest BCUT2D eigenvalue weighted by Gasteiger charge is 2.38. The first kappa shape index (κ1) is 25.2. The second kappa shape index (κ2) is 9.63. The molecule has 5 rings (SSSR count). The molecule has 0 bridgehead atoms. The van der Waals surface area contributed by atoms with Crippen LogP contribution in [0.25, 0.3) is 33.0 Å². The average Bonchev–Trinajstić information content (AvgIpc) is 3.46. The molecule has 0 atom stereocenters. The predicted molar refractivity (Wildman–Crippen MR) is 129 cm³/mol. The smallest absolute Gasteiger partial charge is 0.475 e. The zero-order valence-electron chi connectivity index (χ0n) is 18.2. The van der Waals surface area contributed by atoms with Gasteiger partial charge in [0.05, 0.1) is 17.4 Å². The van der Waals surface area contributed by atoms with Crippen LogP contribution in [0.15, 0.2) is 63.8 Å². The number of rotatable bonds is 4. The molecule has 2 aromatic carbocycles. The van der Waals surface area contributed by atoms with E-state index in [4.69, 9.17) is 20.1 Å². The predicted octanol–water partition coefficient (Wildman–Crippen LogP) is 4.31. The lowest BCUT2D eigenvalue weighted by Gasteiger charge is -2.02. The topological polar surface area (TPSA) is 128 Å². The molecule has 4 N–H and O–H groups in total. The van der Waals surface area contributed by atoms with Gasteiger partial charge in [-0.1, -0.05) is 34.1 Å². The van der Waals surface area contributed by atoms with Crippen LogP contribution in [0.4, 0.5) is 13.2 Å². The number of benzene rings is 2. The Labute approximate surface area is 209 Å². The molecule has 0 saturated heterocycles. The lowest BCUT2D eigenvalue weighted by Crippen LogP contribution is -2.22. The molecule has 0 aliphatic carbocycles. The van der Waals surface area contributed by atoms with Gasteiger partial charge in [-0.15, -0.1) is 0 Å². The summed E-state index contributed by atoms with van der Waals surface area (Å²) in [7, 11) is 0. The Hall–Kier alpha value is -3.90. The zero-order valence-corrected chi connectivity index (χ0v) is 19.8. The molecule has 1 aliphatic heterocycles. The van der Waals surface area contributed by atoms with Crippen molar-refractivity contribution in [2.75, 3.05) is 6.54 Å². The minimum absolute atomic E-state index is 0.326. The average molecular weight is 564 g/mol. The van der Waals surface area contributed by atoms with Gasteiger partial charge in [-0.25, -0.2) is 4.79 Å². The zero-order chi connectivity index (χ0) is 26.2. The number of halogens is 4. The van der Waals surface area contributed by atoms with Gasteiger partial charge in [-0.3, -0.25) is 14.9 Å². The van der Waals surface area contributed by atoms with E-state index < -0.39 is 24.0 Å². The number of alkyl halides is 3. The van der Waals surface area contributed by atoms with Crippen molar-refractivity contribution in [1.82, 2.24) is 9.88 Å². The molecular formula is C24H17BrF3N3O5. The molecule has 0 spiro atoms. The first-order chi connectivity index (χ1) is 17.0. The third-order valence-electron chi connectivity index (χ3n) is 5.41. The van der Waals surface area contributed by atoms with E-state index in [0.29, 0.717) is 40.9 Å². The van der Waals surface area contributed by atoms with Crippen molar-refractivity contribution in [3.8, 4) is 0 Å². The standard InChI is InChI=1S/C22H16BrN3O3.C2HF3O2/c23-12-5-6-17-14(9-12)15(10-26(17)8-7-24)19-20(22(28)25-21(19)27)16-11-29-18-4-2-1-3-13(16)18;3-2(4,5)1(6)7/h1-6,9-11H,7-8,24H2,(H,25,27,28);(H,6,7). The summed E-state index contributed by atoms with van der Waals surface area (Å²) in [6.45, 7) is 1.06. The van der Waals surface area contributed by atoms with Crippen molar-refractivity contribution >= 4 is 66.7 Å². The molecule has 2 aromatic heterocycles. The summed E-state index contributed by atoms with van der Waals surface area (Å²) >= 11 is 3.50. The molecule has 1 aliphatic rings. The van der Waals surface area contributed by atoms with Crippen LogP contribution in [-0.2, 0) is 20.9 Å². The number of amides is 2. The lowest BCUT2D eigenvalue weighted by molar-refractivity contribution is -0.192. The number of para-hydroxylation sites is 1. The molecule has 3 heterocycles. The maximum atomic E-state index is 12.9. The van der Waals surface area contributed by atoms with Gasteiger partial charge >= 0.3 is 12.1 Å². The third-order valence-corrected chi connectivity index (χ3v) is 5.90. The van der Waals surface area contributed by atoms with E-state index in [2.05, 4.69) is 21.2 Å². The van der Waals surface area contributed by atoms with Crippen LogP contribution in [0.5, 0.6) is 0 Å². The second-order valence-electron chi connectivity index (χ2n) is 7.67. The fourth-order valence-electron chi connectivity index (χ4n) is 3.93. The van der Waals surface area contributed by atoms with Crippen molar-refractivity contribution in [1.29, 1.82) is 0 Å². The number of hydrogen-bond acceptors (Lipinski definition) is 5. The molecule has 186 valence electrons. The van der Waals surface area contributed by atoms with Crippen LogP contribution >= 0.6 is 15.9 Å². The second-order valence-corrected chi connectivity index (χ2v) is 8.58. The third kappa shape index (κ3) is 4.64. The first-order valence-corrected chi connectivity index (χ1v) is 11.2. The molecule has 12 heteroatoms. The number of carbonyl (C=O) groups excluding carboxylic acids is 2. The van der Waals surface area contributed by atoms with Crippen LogP contribution in [0.3, 0.4) is 0 Å². The minimum Gasteiger partial charge on any atom is -0.475 e. The normalized spacial score (nSPS) is 13.8. The van der Waals surface area contributed by atoms with Gasteiger partial charge in [0.1, 0.15) is 5.58 Å². The summed E-state index contributed by atoms with van der Waals surface area (Å²) < 4.78 is 40.3. The Kier molecular flexibility index (Phi) is 6.74. The van der Waals surface area contributed by atoms with Gasteiger partial charge in [0.25, 0.3) is 11.8 Å². The summed E-state index contributed by atoms with van der Waals surface area (Å²) in [4.78, 5) is 34.5. The Morgan fingerprint density at radius 1 is 1.06 bits per heavy atom. The molecule has 0 radical (unpaired) electrons. The van der Waals surface area contributed by atoms with Crippen molar-refractivity contribution in [3.05, 3.63) is 70.5 Å². The Morgan fingerprint density at radius 3 is 2.33 bits per heavy atom. The van der Waals surface area contributed by atoms with Crippen molar-refractivity contribution in [2.24, 2.45) is 5.73 Å². The highest BCUT2D eigenvalue weighted by atomic mass is 79.9. The van der Waals surface area contributed by atoms with Crippen molar-refractivity contribution < 1.29 is 37.1 Å². The molecule has 0 saturated carbocycles. The number of fused-ring (bicyclic) bond motifs is 2. The number of carbonyl (C=O) groups is 3. The van der Waals surface area contributed by atoms with Crippen LogP contribution in [0, 0.1) is 0 Å². The first-order valence-electron chi connectivity index (χ1n) is 10.4. The number of nitrogens with two attached hydrogens (primary N) is 1. The summed E-state index contributed by atoms with van der Waals surface area (Å²) in [5, 5.41) is 11.2. The SMILES string of the molecule is NCCn1cc(C2=C(c3coc4ccccc34)C(=O)NC2=O)c2cc(Br)ccc21.O=C(O)C(F)(F)F. The number of aliphatic carboxylic acids is 1. The van der Waals surface area contributed by atoms with Gasteiger partial charge < -0.3 is 19.8 Å². The number of carboxylic acid groups (broad SMARTS) is 1. The van der Waals surface area contributed by atoms with Gasteiger partial charge in [0.2, 0.25) is 0 Å². The van der Waals surface area contributed by atoms with E-state index in [1.807, 2.05) is 53.2 Å². The van der Waals surface area contributed by atoms with E-state index in [9.17, 15) is 22.8 Å². The molecule has 4 aromatic rings. The molecule has 0 fully saturated rings. The Balaban J connectivity index is 0.000000384. The maximum absolute atomic E-state index is 12.9. The summed E-state index contributed by atoms with van der Waals surface area (Å²) in [6.07, 6.45) is -1.66. The van der Waals surface area contributed by atoms with Crippen LogP contribution in [-0.4, -0.2) is 40.2 Å². The molecule has 8 nitrogen and oxygen atoms in total. The van der Waals surface area contributed by atoms with Crippen LogP contribution < -0.4 is 11.1 Å². The van der Waals surface area contributed by atoms with E-state index in [0.717, 1.165) is 20.8 Å². The summed E-state index contributed by atoms with van der Waals surface area (Å²) in [5.74, 6) is -3.60. The number of imide groups is 1. The van der Waals surface area contributed by atoms with E-state index >= 15 is 0 Å². The van der Waals surface area contributed by atoms with Crippen molar-refractivity contribution in [3.63, 3.8) is 0 Å². The summed E-state index contributed by atoms with van der Waals surface area (Å²) in [6, 6.07) is 13.3. The van der Waals surface area contributed by atoms with Crippen LogP contribution in [0.2, 0.25) is 0 Å². The number of carboxylic acids is 1. The van der Waals surface area contributed by atoms with Gasteiger partial charge in [0.15, 0.2) is 0 Å². The number of furan rings is 1. The molecule has 36 heavy (non-hydrogen) atoms. The fraction of sp³-hybridized carbons (Fsp3) is 0.125. The lowest BCUT2D eigenvalue weighted by atomic mass is 9.95. The Morgan fingerprint density at radius 2 is 1.69 bits per heavy atom. The number of nitrogens with one attached hydrogen (secondary N) is 1. The Bertz CT molecular complexity index is 1550. The number of aromatic nitrogens is 1. The fourth-order valence-corrected chi connectivity index (χ4v) is 4.29.